The smallest absolute Gasteiger partial charge is 0.119 e. The lowest BCUT2D eigenvalue weighted by molar-refractivity contribution is 0.308. The third kappa shape index (κ3) is 3.97. The van der Waals surface area contributed by atoms with E-state index in [0.717, 1.165) is 34.0 Å². The molecule has 0 spiro atoms. The Morgan fingerprint density at radius 1 is 1.40 bits per heavy atom. The molecule has 0 amide bonds. The summed E-state index contributed by atoms with van der Waals surface area (Å²) >= 11 is 0. The summed E-state index contributed by atoms with van der Waals surface area (Å²) in [5.74, 6) is 0.973. The van der Waals surface area contributed by atoms with Gasteiger partial charge in [-0.2, -0.15) is 0 Å². The van der Waals surface area contributed by atoms with Gasteiger partial charge >= 0.3 is 0 Å². The van der Waals surface area contributed by atoms with E-state index >= 15 is 0 Å². The van der Waals surface area contributed by atoms with Gasteiger partial charge in [0.25, 0.3) is 0 Å². The Bertz CT molecular complexity index is 474. The molecule has 1 aromatic rings. The summed E-state index contributed by atoms with van der Waals surface area (Å²) in [5.41, 5.74) is 4.01. The van der Waals surface area contributed by atoms with Crippen LogP contribution in [0.25, 0.3) is 0 Å². The summed E-state index contributed by atoms with van der Waals surface area (Å²) in [6, 6.07) is 6.95. The van der Waals surface area contributed by atoms with Crippen molar-refractivity contribution in [2.45, 2.75) is 33.0 Å². The molecule has 110 valence electrons. The molecule has 0 fully saturated rings. The van der Waals surface area contributed by atoms with Crippen molar-refractivity contribution >= 4 is 8.58 Å². The Hall–Kier alpha value is -1.05. The second-order valence-electron chi connectivity index (χ2n) is 5.44. The molecular weight excluding hydrogens is 267 g/mol. The van der Waals surface area contributed by atoms with Gasteiger partial charge in [0.05, 0.1) is 0 Å². The summed E-state index contributed by atoms with van der Waals surface area (Å²) in [5, 5.41) is 3.35. The number of nitrogens with zero attached hydrogens (tertiary/aromatic N) is 1. The van der Waals surface area contributed by atoms with Crippen molar-refractivity contribution in [3.63, 3.8) is 0 Å². The van der Waals surface area contributed by atoms with Crippen LogP contribution in [0, 0.1) is 0 Å². The highest BCUT2D eigenvalue weighted by Crippen LogP contribution is 2.33. The van der Waals surface area contributed by atoms with Crippen LogP contribution in [0.4, 0.5) is 0 Å². The van der Waals surface area contributed by atoms with E-state index in [4.69, 9.17) is 4.74 Å². The fourth-order valence-corrected chi connectivity index (χ4v) is 2.80. The minimum absolute atomic E-state index is 0.507. The van der Waals surface area contributed by atoms with Gasteiger partial charge in [-0.25, -0.2) is 0 Å². The highest BCUT2D eigenvalue weighted by atomic mass is 31.1. The first-order valence-electron chi connectivity index (χ1n) is 7.19. The molecular formula is C16H25N2OP. The number of ether oxygens (including phenoxy) is 1. The molecule has 1 atom stereocenters. The summed E-state index contributed by atoms with van der Waals surface area (Å²) in [7, 11) is 0.780. The monoisotopic (exact) mass is 292 g/mol. The first-order chi connectivity index (χ1) is 9.60. The van der Waals surface area contributed by atoms with E-state index in [1.807, 2.05) is 0 Å². The Balaban J connectivity index is 1.89. The highest BCUT2D eigenvalue weighted by Gasteiger charge is 2.19. The first kappa shape index (κ1) is 15.3. The van der Waals surface area contributed by atoms with Crippen molar-refractivity contribution in [1.82, 2.24) is 10.2 Å². The first-order valence-corrected chi connectivity index (χ1v) is 8.69. The Kier molecular flexibility index (Phi) is 5.45. The molecule has 2 rings (SSSR count). The van der Waals surface area contributed by atoms with Crippen molar-refractivity contribution in [3.8, 4) is 5.75 Å². The largest absolute Gasteiger partial charge is 0.492 e. The average Bonchev–Trinajstić information content (AvgIpc) is 2.85. The third-order valence-electron chi connectivity index (χ3n) is 3.49. The van der Waals surface area contributed by atoms with Gasteiger partial charge in [0.2, 0.25) is 0 Å². The van der Waals surface area contributed by atoms with Crippen molar-refractivity contribution in [2.75, 3.05) is 19.8 Å². The van der Waals surface area contributed by atoms with Gasteiger partial charge in [-0.15, -0.1) is 0 Å². The van der Waals surface area contributed by atoms with Crippen LogP contribution in [0.3, 0.4) is 0 Å². The zero-order chi connectivity index (χ0) is 14.5. The average molecular weight is 292 g/mol. The molecule has 1 heterocycles. The lowest BCUT2D eigenvalue weighted by Gasteiger charge is -2.18. The van der Waals surface area contributed by atoms with Crippen LogP contribution in [0.2, 0.25) is 0 Å². The molecule has 1 aliphatic rings. The molecule has 1 aliphatic heterocycles. The second-order valence-corrected chi connectivity index (χ2v) is 6.52. The van der Waals surface area contributed by atoms with Crippen LogP contribution >= 0.6 is 8.58 Å². The maximum Gasteiger partial charge on any atom is 0.119 e. The fraction of sp³-hybridized carbons (Fsp3) is 0.500. The molecule has 4 heteroatoms. The number of hydrogen-bond acceptors (Lipinski definition) is 3. The van der Waals surface area contributed by atoms with Crippen LogP contribution in [0.5, 0.6) is 5.75 Å². The van der Waals surface area contributed by atoms with Crippen molar-refractivity contribution in [3.05, 3.63) is 41.3 Å². The fourth-order valence-electron chi connectivity index (χ4n) is 2.33. The van der Waals surface area contributed by atoms with Gasteiger partial charge in [-0.3, -0.25) is 0 Å². The molecule has 3 nitrogen and oxygen atoms in total. The van der Waals surface area contributed by atoms with E-state index in [1.165, 1.54) is 16.6 Å². The summed E-state index contributed by atoms with van der Waals surface area (Å²) in [4.78, 5) is 2.35. The van der Waals surface area contributed by atoms with Crippen molar-refractivity contribution < 1.29 is 4.74 Å². The lowest BCUT2D eigenvalue weighted by Crippen LogP contribution is -2.27. The number of hydrogen-bond donors (Lipinski definition) is 1. The number of nitrogens with one attached hydrogen (secondary N) is 1. The van der Waals surface area contributed by atoms with Gasteiger partial charge in [-0.05, 0) is 29.9 Å². The maximum atomic E-state index is 5.80. The molecule has 0 bridgehead atoms. The van der Waals surface area contributed by atoms with E-state index in [0.29, 0.717) is 12.6 Å². The van der Waals surface area contributed by atoms with Gasteiger partial charge in [0.15, 0.2) is 0 Å². The Morgan fingerprint density at radius 3 is 2.85 bits per heavy atom. The molecule has 0 aromatic heterocycles. The topological polar surface area (TPSA) is 24.5 Å². The van der Waals surface area contributed by atoms with E-state index in [-0.39, 0.29) is 0 Å². The van der Waals surface area contributed by atoms with Crippen LogP contribution in [-0.4, -0.2) is 30.8 Å². The van der Waals surface area contributed by atoms with Crippen LogP contribution in [-0.2, 0) is 13.1 Å². The van der Waals surface area contributed by atoms with E-state index < -0.39 is 0 Å². The Morgan fingerprint density at radius 2 is 2.15 bits per heavy atom. The third-order valence-corrected chi connectivity index (χ3v) is 4.39. The highest BCUT2D eigenvalue weighted by molar-refractivity contribution is 7.41. The standard InChI is InChI=1S/C16H25N2OP/c1-12(2)17-7-8-19-16-6-5-14-10-18(13(3)20-4)11-15(14)9-16/h5-6,9,12,17,20H,3,7-8,10-11H2,1-2,4H3. The van der Waals surface area contributed by atoms with Gasteiger partial charge in [0, 0.05) is 31.1 Å². The minimum atomic E-state index is 0.507. The number of fused-ring (bicyclic) bond motifs is 1. The predicted molar refractivity (Wildman–Crippen MR) is 87.7 cm³/mol. The van der Waals surface area contributed by atoms with Gasteiger partial charge in [-0.1, -0.05) is 35.1 Å². The van der Waals surface area contributed by atoms with Crippen LogP contribution in [0.15, 0.2) is 30.2 Å². The molecule has 20 heavy (non-hydrogen) atoms. The summed E-state index contributed by atoms with van der Waals surface area (Å²) in [6.07, 6.45) is 0. The molecule has 0 saturated heterocycles. The van der Waals surface area contributed by atoms with E-state index in [1.54, 1.807) is 0 Å². The second kappa shape index (κ2) is 7.10. The molecule has 0 radical (unpaired) electrons. The van der Waals surface area contributed by atoms with Gasteiger partial charge < -0.3 is 15.0 Å². The molecule has 1 aromatic carbocycles. The lowest BCUT2D eigenvalue weighted by atomic mass is 10.1. The predicted octanol–water partition coefficient (Wildman–Crippen LogP) is 3.16. The zero-order valence-electron chi connectivity index (χ0n) is 12.7. The number of benzene rings is 1. The summed E-state index contributed by atoms with van der Waals surface area (Å²) in [6.45, 7) is 14.2. The minimum Gasteiger partial charge on any atom is -0.492 e. The van der Waals surface area contributed by atoms with Gasteiger partial charge in [0.1, 0.15) is 12.4 Å². The quantitative estimate of drug-likeness (QED) is 0.617. The normalized spacial score (nSPS) is 14.3. The summed E-state index contributed by atoms with van der Waals surface area (Å²) < 4.78 is 5.80. The molecule has 0 saturated carbocycles. The van der Waals surface area contributed by atoms with E-state index in [2.05, 4.69) is 55.5 Å². The SMILES string of the molecule is C=C(PC)N1Cc2ccc(OCCNC(C)C)cc2C1. The maximum absolute atomic E-state index is 5.80. The zero-order valence-corrected chi connectivity index (χ0v) is 13.7. The molecule has 1 N–H and O–H groups in total. The van der Waals surface area contributed by atoms with Crippen molar-refractivity contribution in [1.29, 1.82) is 0 Å². The van der Waals surface area contributed by atoms with E-state index in [9.17, 15) is 0 Å². The Labute approximate surface area is 124 Å². The molecule has 0 aliphatic carbocycles. The van der Waals surface area contributed by atoms with Crippen LogP contribution < -0.4 is 10.1 Å². The number of rotatable bonds is 7. The molecule has 1 unspecified atom stereocenters. The van der Waals surface area contributed by atoms with Crippen LogP contribution in [0.1, 0.15) is 25.0 Å². The van der Waals surface area contributed by atoms with Crippen molar-refractivity contribution in [2.24, 2.45) is 0 Å².